The molecule has 3 heteroatoms. The highest BCUT2D eigenvalue weighted by Gasteiger charge is 2.17. The van der Waals surface area contributed by atoms with Crippen molar-refractivity contribution in [3.8, 4) is 0 Å². The highest BCUT2D eigenvalue weighted by atomic mass is 35.5. The number of anilines is 1. The summed E-state index contributed by atoms with van der Waals surface area (Å²) in [5, 5.41) is 4.15. The number of rotatable bonds is 6. The summed E-state index contributed by atoms with van der Waals surface area (Å²) in [6.45, 7) is 2.02. The number of aryl methyl sites for hydroxylation is 1. The minimum absolute atomic E-state index is 0.101. The molecule has 3 aromatic carbocycles. The molecular weight excluding hydrogens is 330 g/mol. The van der Waals surface area contributed by atoms with Crippen molar-refractivity contribution in [1.82, 2.24) is 0 Å². The van der Waals surface area contributed by atoms with Crippen LogP contribution in [0.5, 0.6) is 0 Å². The van der Waals surface area contributed by atoms with Gasteiger partial charge in [-0.15, -0.1) is 0 Å². The molecule has 0 aromatic heterocycles. The Morgan fingerprint density at radius 1 is 0.920 bits per heavy atom. The maximum atomic E-state index is 12.7. The van der Waals surface area contributed by atoms with E-state index in [4.69, 9.17) is 11.6 Å². The van der Waals surface area contributed by atoms with Gasteiger partial charge in [0.15, 0.2) is 5.78 Å². The topological polar surface area (TPSA) is 29.1 Å². The summed E-state index contributed by atoms with van der Waals surface area (Å²) in [7, 11) is 0. The second-order valence-corrected chi connectivity index (χ2v) is 6.54. The van der Waals surface area contributed by atoms with E-state index in [0.717, 1.165) is 22.4 Å². The fourth-order valence-corrected chi connectivity index (χ4v) is 2.85. The van der Waals surface area contributed by atoms with Gasteiger partial charge in [0.2, 0.25) is 0 Å². The second kappa shape index (κ2) is 8.00. The highest BCUT2D eigenvalue weighted by molar-refractivity contribution is 6.30. The number of ketones is 1. The van der Waals surface area contributed by atoms with Gasteiger partial charge in [0, 0.05) is 22.7 Å². The number of benzene rings is 3. The Hall–Kier alpha value is -2.58. The van der Waals surface area contributed by atoms with E-state index >= 15 is 0 Å². The van der Waals surface area contributed by atoms with Crippen molar-refractivity contribution in [3.63, 3.8) is 0 Å². The zero-order chi connectivity index (χ0) is 17.6. The van der Waals surface area contributed by atoms with Crippen LogP contribution in [-0.4, -0.2) is 5.78 Å². The maximum absolute atomic E-state index is 12.7. The number of carbonyl (C=O) groups excluding carboxylic acids is 1. The molecule has 0 aliphatic heterocycles. The Morgan fingerprint density at radius 2 is 1.56 bits per heavy atom. The lowest BCUT2D eigenvalue weighted by Crippen LogP contribution is -2.15. The first-order chi connectivity index (χ1) is 12.1. The van der Waals surface area contributed by atoms with Crippen LogP contribution < -0.4 is 5.32 Å². The van der Waals surface area contributed by atoms with Crippen LogP contribution in [0.15, 0.2) is 78.9 Å². The number of carbonyl (C=O) groups is 1. The van der Waals surface area contributed by atoms with Crippen molar-refractivity contribution >= 4 is 23.1 Å². The predicted molar refractivity (Wildman–Crippen MR) is 104 cm³/mol. The van der Waals surface area contributed by atoms with Gasteiger partial charge in [-0.3, -0.25) is 4.79 Å². The third kappa shape index (κ3) is 4.71. The lowest BCUT2D eigenvalue weighted by atomic mass is 9.97. The van der Waals surface area contributed by atoms with Gasteiger partial charge in [0.25, 0.3) is 0 Å². The molecule has 0 unspecified atom stereocenters. The average Bonchev–Trinajstić information content (AvgIpc) is 2.64. The van der Waals surface area contributed by atoms with E-state index in [1.165, 1.54) is 0 Å². The molecule has 126 valence electrons. The van der Waals surface area contributed by atoms with Crippen LogP contribution in [0.3, 0.4) is 0 Å². The smallest absolute Gasteiger partial charge is 0.165 e. The van der Waals surface area contributed by atoms with Gasteiger partial charge >= 0.3 is 0 Å². The van der Waals surface area contributed by atoms with Crippen molar-refractivity contribution in [2.24, 2.45) is 0 Å². The third-order valence-corrected chi connectivity index (χ3v) is 4.40. The van der Waals surface area contributed by atoms with Crippen molar-refractivity contribution in [3.05, 3.63) is 101 Å². The summed E-state index contributed by atoms with van der Waals surface area (Å²) in [5.41, 5.74) is 3.91. The average molecular weight is 350 g/mol. The lowest BCUT2D eigenvalue weighted by Gasteiger charge is -2.20. The first-order valence-corrected chi connectivity index (χ1v) is 8.66. The van der Waals surface area contributed by atoms with Crippen molar-refractivity contribution in [2.75, 3.05) is 5.32 Å². The molecule has 2 nitrogen and oxygen atoms in total. The second-order valence-electron chi connectivity index (χ2n) is 6.11. The number of halogens is 1. The van der Waals surface area contributed by atoms with E-state index in [-0.39, 0.29) is 11.8 Å². The first kappa shape index (κ1) is 17.2. The van der Waals surface area contributed by atoms with Gasteiger partial charge in [0.05, 0.1) is 6.04 Å². The van der Waals surface area contributed by atoms with Crippen LogP contribution >= 0.6 is 11.6 Å². The highest BCUT2D eigenvalue weighted by Crippen LogP contribution is 2.25. The maximum Gasteiger partial charge on any atom is 0.165 e. The Labute approximate surface area is 153 Å². The normalized spacial score (nSPS) is 11.8. The SMILES string of the molecule is Cc1ccc(C(=O)C[C@@H](Nc2ccc(Cl)cc2)c2ccccc2)cc1. The largest absolute Gasteiger partial charge is 0.378 e. The van der Waals surface area contributed by atoms with Gasteiger partial charge in [-0.25, -0.2) is 0 Å². The summed E-state index contributed by atoms with van der Waals surface area (Å²) < 4.78 is 0. The van der Waals surface area contributed by atoms with E-state index in [0.29, 0.717) is 11.4 Å². The van der Waals surface area contributed by atoms with E-state index in [9.17, 15) is 4.79 Å². The fraction of sp³-hybridized carbons (Fsp3) is 0.136. The van der Waals surface area contributed by atoms with Gasteiger partial charge in [0.1, 0.15) is 0 Å². The molecule has 0 saturated carbocycles. The lowest BCUT2D eigenvalue weighted by molar-refractivity contribution is 0.0976. The third-order valence-electron chi connectivity index (χ3n) is 4.15. The molecule has 1 atom stereocenters. The predicted octanol–water partition coefficient (Wildman–Crippen LogP) is 6.07. The van der Waals surface area contributed by atoms with E-state index < -0.39 is 0 Å². The molecule has 0 aliphatic carbocycles. The summed E-state index contributed by atoms with van der Waals surface area (Å²) in [5.74, 6) is 0.121. The quantitative estimate of drug-likeness (QED) is 0.547. The van der Waals surface area contributed by atoms with Gasteiger partial charge in [-0.05, 0) is 36.8 Å². The summed E-state index contributed by atoms with van der Waals surface area (Å²) >= 11 is 5.96. The van der Waals surface area contributed by atoms with Crippen LogP contribution in [-0.2, 0) is 0 Å². The molecule has 3 rings (SSSR count). The Morgan fingerprint density at radius 3 is 2.20 bits per heavy atom. The van der Waals surface area contributed by atoms with Crippen molar-refractivity contribution in [1.29, 1.82) is 0 Å². The Balaban J connectivity index is 1.82. The zero-order valence-corrected chi connectivity index (χ0v) is 14.8. The summed E-state index contributed by atoms with van der Waals surface area (Å²) in [4.78, 5) is 12.7. The van der Waals surface area contributed by atoms with Gasteiger partial charge in [-0.1, -0.05) is 71.8 Å². The number of nitrogens with one attached hydrogen (secondary N) is 1. The molecular formula is C22H20ClNO. The van der Waals surface area contributed by atoms with Gasteiger partial charge < -0.3 is 5.32 Å². The monoisotopic (exact) mass is 349 g/mol. The molecule has 0 aliphatic rings. The molecule has 0 heterocycles. The fourth-order valence-electron chi connectivity index (χ4n) is 2.73. The number of hydrogen-bond donors (Lipinski definition) is 1. The standard InChI is InChI=1S/C22H20ClNO/c1-16-7-9-18(10-8-16)22(25)15-21(17-5-3-2-4-6-17)24-20-13-11-19(23)12-14-20/h2-14,21,24H,15H2,1H3/t21-/m1/s1. The molecule has 0 radical (unpaired) electrons. The minimum Gasteiger partial charge on any atom is -0.378 e. The van der Waals surface area contributed by atoms with Crippen LogP contribution in [0.1, 0.15) is 33.9 Å². The Bertz CT molecular complexity index is 826. The summed E-state index contributed by atoms with van der Waals surface area (Å²) in [6, 6.07) is 25.2. The van der Waals surface area contributed by atoms with Crippen LogP contribution in [0, 0.1) is 6.92 Å². The van der Waals surface area contributed by atoms with E-state index in [2.05, 4.69) is 5.32 Å². The molecule has 0 saturated heterocycles. The molecule has 1 N–H and O–H groups in total. The molecule has 0 spiro atoms. The Kier molecular flexibility index (Phi) is 5.52. The first-order valence-electron chi connectivity index (χ1n) is 8.29. The number of Topliss-reactive ketones (excluding diaryl/α,β-unsaturated/α-hetero) is 1. The molecule has 3 aromatic rings. The van der Waals surface area contributed by atoms with E-state index in [1.807, 2.05) is 85.8 Å². The summed E-state index contributed by atoms with van der Waals surface area (Å²) in [6.07, 6.45) is 0.385. The molecule has 0 amide bonds. The van der Waals surface area contributed by atoms with E-state index in [1.54, 1.807) is 0 Å². The zero-order valence-electron chi connectivity index (χ0n) is 14.1. The minimum atomic E-state index is -0.101. The molecule has 25 heavy (non-hydrogen) atoms. The number of hydrogen-bond acceptors (Lipinski definition) is 2. The van der Waals surface area contributed by atoms with Crippen molar-refractivity contribution < 1.29 is 4.79 Å². The van der Waals surface area contributed by atoms with Crippen molar-refractivity contribution in [2.45, 2.75) is 19.4 Å². The molecule has 0 bridgehead atoms. The van der Waals surface area contributed by atoms with Gasteiger partial charge in [-0.2, -0.15) is 0 Å². The van der Waals surface area contributed by atoms with Crippen LogP contribution in [0.25, 0.3) is 0 Å². The van der Waals surface area contributed by atoms with Crippen LogP contribution in [0.4, 0.5) is 5.69 Å². The molecule has 0 fully saturated rings. The van der Waals surface area contributed by atoms with Crippen LogP contribution in [0.2, 0.25) is 5.02 Å².